The lowest BCUT2D eigenvalue weighted by Gasteiger charge is -2.15. The Morgan fingerprint density at radius 3 is 1.57 bits per heavy atom. The molecule has 0 aliphatic carbocycles. The summed E-state index contributed by atoms with van der Waals surface area (Å²) in [5.74, 6) is 0.704. The van der Waals surface area contributed by atoms with Crippen LogP contribution in [0, 0.1) is 0 Å². The minimum atomic E-state index is 0.704. The van der Waals surface area contributed by atoms with Crippen molar-refractivity contribution in [3.63, 3.8) is 0 Å². The van der Waals surface area contributed by atoms with Crippen molar-refractivity contribution < 1.29 is 0 Å². The molecule has 0 atom stereocenters. The van der Waals surface area contributed by atoms with Gasteiger partial charge in [-0.25, -0.2) is 9.97 Å². The summed E-state index contributed by atoms with van der Waals surface area (Å²) in [6.45, 7) is 0. The van der Waals surface area contributed by atoms with E-state index in [9.17, 15) is 0 Å². The largest absolute Gasteiger partial charge is 0.309 e. The van der Waals surface area contributed by atoms with Crippen molar-refractivity contribution in [3.8, 4) is 50.8 Å². The molecule has 4 heteroatoms. The summed E-state index contributed by atoms with van der Waals surface area (Å²) in [4.78, 5) is 15.1. The molecule has 0 fully saturated rings. The number of hydrogen-bond acceptors (Lipinski definition) is 3. The molecule has 4 nitrogen and oxygen atoms in total. The van der Waals surface area contributed by atoms with E-state index in [-0.39, 0.29) is 0 Å². The highest BCUT2D eigenvalue weighted by Gasteiger charge is 2.17. The molecule has 0 N–H and O–H groups in total. The number of pyridine rings is 1. The van der Waals surface area contributed by atoms with Crippen molar-refractivity contribution in [1.29, 1.82) is 0 Å². The molecule has 0 saturated heterocycles. The molecule has 0 unspecified atom stereocenters. The van der Waals surface area contributed by atoms with Crippen molar-refractivity contribution >= 4 is 54.1 Å². The summed E-state index contributed by atoms with van der Waals surface area (Å²) < 4.78 is 2.35. The van der Waals surface area contributed by atoms with Crippen molar-refractivity contribution in [2.24, 2.45) is 0 Å². The third-order valence-corrected chi connectivity index (χ3v) is 10.6. The van der Waals surface area contributed by atoms with E-state index in [2.05, 4.69) is 167 Å². The zero-order valence-electron chi connectivity index (χ0n) is 28.6. The van der Waals surface area contributed by atoms with Gasteiger partial charge >= 0.3 is 0 Å². The third-order valence-electron chi connectivity index (χ3n) is 10.6. The van der Waals surface area contributed by atoms with E-state index < -0.39 is 0 Å². The highest BCUT2D eigenvalue weighted by Crippen LogP contribution is 2.40. The van der Waals surface area contributed by atoms with Gasteiger partial charge in [-0.3, -0.25) is 4.98 Å². The summed E-state index contributed by atoms with van der Waals surface area (Å²) in [5, 5.41) is 9.89. The van der Waals surface area contributed by atoms with Gasteiger partial charge in [0, 0.05) is 44.9 Å². The van der Waals surface area contributed by atoms with Crippen LogP contribution >= 0.6 is 0 Å². The van der Waals surface area contributed by atoms with Crippen LogP contribution in [0.2, 0.25) is 0 Å². The maximum Gasteiger partial charge on any atom is 0.161 e. The van der Waals surface area contributed by atoms with Crippen LogP contribution in [0.5, 0.6) is 0 Å². The molecule has 53 heavy (non-hydrogen) atoms. The number of benzene rings is 8. The molecule has 0 spiro atoms. The first kappa shape index (κ1) is 29.5. The Hall–Kier alpha value is -7.17. The van der Waals surface area contributed by atoms with Gasteiger partial charge in [0.15, 0.2) is 5.82 Å². The number of hydrogen-bond donors (Lipinski definition) is 0. The molecule has 0 amide bonds. The van der Waals surface area contributed by atoms with Crippen LogP contribution < -0.4 is 0 Å². The van der Waals surface area contributed by atoms with Crippen molar-refractivity contribution in [3.05, 3.63) is 182 Å². The Labute approximate surface area is 305 Å². The highest BCUT2D eigenvalue weighted by atomic mass is 15.0. The van der Waals surface area contributed by atoms with E-state index in [1.165, 1.54) is 48.7 Å². The zero-order valence-corrected chi connectivity index (χ0v) is 28.6. The lowest BCUT2D eigenvalue weighted by atomic mass is 9.91. The second-order valence-electron chi connectivity index (χ2n) is 13.6. The fourth-order valence-electron chi connectivity index (χ4n) is 8.12. The third kappa shape index (κ3) is 4.73. The fraction of sp³-hybridized carbons (Fsp3) is 0. The van der Waals surface area contributed by atoms with E-state index in [0.717, 1.165) is 50.4 Å². The Kier molecular flexibility index (Phi) is 6.52. The van der Waals surface area contributed by atoms with Crippen molar-refractivity contribution in [2.45, 2.75) is 0 Å². The first-order chi connectivity index (χ1) is 26.3. The minimum Gasteiger partial charge on any atom is -0.309 e. The molecule has 0 bridgehead atoms. The summed E-state index contributed by atoms with van der Waals surface area (Å²) in [7, 11) is 0. The molecular formula is C49H30N4. The van der Waals surface area contributed by atoms with Gasteiger partial charge in [-0.05, 0) is 80.8 Å². The smallest absolute Gasteiger partial charge is 0.161 e. The van der Waals surface area contributed by atoms with Gasteiger partial charge in [-0.2, -0.15) is 0 Å². The predicted molar refractivity (Wildman–Crippen MR) is 220 cm³/mol. The Bertz CT molecular complexity index is 3070. The minimum absolute atomic E-state index is 0.704. The van der Waals surface area contributed by atoms with E-state index in [1.54, 1.807) is 0 Å². The van der Waals surface area contributed by atoms with Gasteiger partial charge < -0.3 is 4.57 Å². The summed E-state index contributed by atoms with van der Waals surface area (Å²) in [6.07, 6.45) is 1.83. The maximum atomic E-state index is 5.31. The van der Waals surface area contributed by atoms with Gasteiger partial charge in [0.2, 0.25) is 0 Å². The van der Waals surface area contributed by atoms with Gasteiger partial charge in [0.05, 0.1) is 28.1 Å². The van der Waals surface area contributed by atoms with Crippen LogP contribution in [0.25, 0.3) is 105 Å². The summed E-state index contributed by atoms with van der Waals surface area (Å²) >= 11 is 0. The quantitative estimate of drug-likeness (QED) is 0.171. The lowest BCUT2D eigenvalue weighted by molar-refractivity contribution is 1.17. The molecule has 8 aromatic carbocycles. The second kappa shape index (κ2) is 11.7. The van der Waals surface area contributed by atoms with Crippen LogP contribution in [0.4, 0.5) is 0 Å². The van der Waals surface area contributed by atoms with Crippen LogP contribution in [0.3, 0.4) is 0 Å². The van der Waals surface area contributed by atoms with Crippen molar-refractivity contribution in [1.82, 2.24) is 19.5 Å². The number of rotatable bonds is 5. The average Bonchev–Trinajstić information content (AvgIpc) is 3.57. The second-order valence-corrected chi connectivity index (χ2v) is 13.6. The first-order valence-electron chi connectivity index (χ1n) is 17.9. The van der Waals surface area contributed by atoms with Crippen LogP contribution in [-0.2, 0) is 0 Å². The number of fused-ring (bicyclic) bond motifs is 3. The predicted octanol–water partition coefficient (Wildman–Crippen LogP) is 12.5. The van der Waals surface area contributed by atoms with Gasteiger partial charge in [-0.15, -0.1) is 0 Å². The SMILES string of the molecule is c1ccc(-c2ccc(-c3cc(-c4ccc(-n5c6ccccc6c6ccccc65)cc4)nc(-c4ccc5ccc6cccc7ccc4c5c67)n3)cc2)nc1. The topological polar surface area (TPSA) is 43.6 Å². The summed E-state index contributed by atoms with van der Waals surface area (Å²) in [5.41, 5.74) is 10.3. The molecule has 11 rings (SSSR count). The number of nitrogens with zero attached hydrogens (tertiary/aromatic N) is 4. The van der Waals surface area contributed by atoms with Gasteiger partial charge in [0.1, 0.15) is 0 Å². The molecule has 0 aliphatic rings. The van der Waals surface area contributed by atoms with E-state index in [4.69, 9.17) is 9.97 Å². The molecule has 246 valence electrons. The van der Waals surface area contributed by atoms with E-state index in [1.807, 2.05) is 24.4 Å². The molecule has 0 saturated carbocycles. The maximum absolute atomic E-state index is 5.31. The normalized spacial score (nSPS) is 11.8. The van der Waals surface area contributed by atoms with Crippen LogP contribution in [0.1, 0.15) is 0 Å². The molecule has 3 aromatic heterocycles. The van der Waals surface area contributed by atoms with E-state index in [0.29, 0.717) is 5.82 Å². The molecule has 0 radical (unpaired) electrons. The molecule has 0 aliphatic heterocycles. The molecule has 3 heterocycles. The van der Waals surface area contributed by atoms with Crippen LogP contribution in [0.15, 0.2) is 182 Å². The van der Waals surface area contributed by atoms with E-state index >= 15 is 0 Å². The lowest BCUT2D eigenvalue weighted by Crippen LogP contribution is -1.98. The Morgan fingerprint density at radius 2 is 0.925 bits per heavy atom. The standard InChI is InChI=1S/C49H30N4/c1-3-13-45-38(10-1)39-11-2-4-14-46(39)53(45)37-25-21-33(22-26-37)44-30-43(32-17-15-31(16-18-32)42-12-5-6-29-50-42)51-49(52-44)41-28-24-36-20-19-34-8-7-9-35-23-27-40(41)48(36)47(34)35/h1-30H. The Balaban J connectivity index is 1.09. The Morgan fingerprint density at radius 1 is 0.377 bits per heavy atom. The van der Waals surface area contributed by atoms with Crippen LogP contribution in [-0.4, -0.2) is 19.5 Å². The number of para-hydroxylation sites is 2. The average molecular weight is 675 g/mol. The first-order valence-corrected chi connectivity index (χ1v) is 17.9. The summed E-state index contributed by atoms with van der Waals surface area (Å²) in [6, 6.07) is 62.4. The van der Waals surface area contributed by atoms with Gasteiger partial charge in [0.25, 0.3) is 0 Å². The van der Waals surface area contributed by atoms with Crippen molar-refractivity contribution in [2.75, 3.05) is 0 Å². The monoisotopic (exact) mass is 674 g/mol. The highest BCUT2D eigenvalue weighted by molar-refractivity contribution is 6.25. The number of aromatic nitrogens is 4. The van der Waals surface area contributed by atoms with Gasteiger partial charge in [-0.1, -0.05) is 127 Å². The fourth-order valence-corrected chi connectivity index (χ4v) is 8.12. The zero-order chi connectivity index (χ0) is 34.9. The molecular weight excluding hydrogens is 645 g/mol. The molecule has 11 aromatic rings.